The van der Waals surface area contributed by atoms with E-state index < -0.39 is 11.5 Å². The van der Waals surface area contributed by atoms with Crippen LogP contribution in [0.4, 0.5) is 0 Å². The van der Waals surface area contributed by atoms with Crippen LogP contribution < -0.4 is 16.1 Å². The average molecular weight is 457 g/mol. The molecule has 0 fully saturated rings. The molecule has 0 radical (unpaired) electrons. The summed E-state index contributed by atoms with van der Waals surface area (Å²) in [7, 11) is 0. The van der Waals surface area contributed by atoms with E-state index >= 15 is 0 Å². The van der Waals surface area contributed by atoms with Gasteiger partial charge in [0.25, 0.3) is 0 Å². The van der Waals surface area contributed by atoms with Gasteiger partial charge in [0.15, 0.2) is 5.75 Å². The van der Waals surface area contributed by atoms with E-state index in [0.29, 0.717) is 16.7 Å². The summed E-state index contributed by atoms with van der Waals surface area (Å²) in [5.74, 6) is -0.345. The Balaban J connectivity index is 1.53. The highest BCUT2D eigenvalue weighted by Crippen LogP contribution is 2.44. The summed E-state index contributed by atoms with van der Waals surface area (Å²) in [5, 5.41) is 12.9. The third-order valence-electron chi connectivity index (χ3n) is 6.57. The van der Waals surface area contributed by atoms with E-state index in [0.717, 1.165) is 33.0 Å². The van der Waals surface area contributed by atoms with E-state index in [2.05, 4.69) is 30.3 Å². The lowest BCUT2D eigenvalue weighted by molar-refractivity contribution is 0.388. The highest BCUT2D eigenvalue weighted by Gasteiger charge is 2.35. The lowest BCUT2D eigenvalue weighted by Crippen LogP contribution is -2.26. The van der Waals surface area contributed by atoms with Gasteiger partial charge in [-0.15, -0.1) is 0 Å². The van der Waals surface area contributed by atoms with Gasteiger partial charge in [-0.2, -0.15) is 5.26 Å². The van der Waals surface area contributed by atoms with Crippen LogP contribution in [0.25, 0.3) is 32.9 Å². The monoisotopic (exact) mass is 456 g/mol. The number of benzene rings is 4. The Morgan fingerprint density at radius 3 is 2.49 bits per heavy atom. The van der Waals surface area contributed by atoms with Gasteiger partial charge in [0, 0.05) is 0 Å². The van der Waals surface area contributed by atoms with Crippen LogP contribution in [0, 0.1) is 18.3 Å². The molecule has 5 aromatic rings. The minimum Gasteiger partial charge on any atom is -0.439 e. The molecule has 0 saturated carbocycles. The molecule has 5 heteroatoms. The van der Waals surface area contributed by atoms with Gasteiger partial charge >= 0.3 is 5.63 Å². The normalized spacial score (nSPS) is 15.0. The van der Waals surface area contributed by atoms with E-state index in [9.17, 15) is 10.1 Å². The summed E-state index contributed by atoms with van der Waals surface area (Å²) in [6.07, 6.45) is 0. The Hall–Kier alpha value is -4.82. The number of rotatable bonds is 2. The largest absolute Gasteiger partial charge is 0.439 e. The number of aryl methyl sites for hydroxylation is 1. The van der Waals surface area contributed by atoms with Crippen LogP contribution in [0.3, 0.4) is 0 Å². The first-order valence-corrected chi connectivity index (χ1v) is 11.3. The van der Waals surface area contributed by atoms with Crippen LogP contribution >= 0.6 is 0 Å². The Kier molecular flexibility index (Phi) is 4.68. The van der Waals surface area contributed by atoms with Gasteiger partial charge in [-0.3, -0.25) is 0 Å². The molecule has 0 spiro atoms. The minimum absolute atomic E-state index is 0.00321. The zero-order chi connectivity index (χ0) is 24.1. The summed E-state index contributed by atoms with van der Waals surface area (Å²) in [4.78, 5) is 13.1. The van der Waals surface area contributed by atoms with Crippen LogP contribution in [0.15, 0.2) is 106 Å². The first-order valence-electron chi connectivity index (χ1n) is 11.3. The molecule has 0 amide bonds. The number of hydrogen-bond acceptors (Lipinski definition) is 5. The van der Waals surface area contributed by atoms with Gasteiger partial charge in [-0.1, -0.05) is 78.4 Å². The number of allylic oxidation sites excluding steroid dienone is 1. The SMILES string of the molecule is Cc1ccc2oc(=O)c3c(c2c1)OC(N)=C(C#N)C3c1ccc(-c2cccc3ccccc23)cc1. The van der Waals surface area contributed by atoms with E-state index in [1.165, 1.54) is 0 Å². The number of ether oxygens (including phenoxy) is 1. The van der Waals surface area contributed by atoms with E-state index in [1.807, 2.05) is 61.5 Å². The average Bonchev–Trinajstić information content (AvgIpc) is 2.88. The molecule has 35 heavy (non-hydrogen) atoms. The summed E-state index contributed by atoms with van der Waals surface area (Å²) in [6, 6.07) is 30.0. The van der Waals surface area contributed by atoms with Crippen LogP contribution in [-0.4, -0.2) is 0 Å². The predicted molar refractivity (Wildman–Crippen MR) is 136 cm³/mol. The quantitative estimate of drug-likeness (QED) is 0.322. The first-order chi connectivity index (χ1) is 17.0. The molecule has 168 valence electrons. The lowest BCUT2D eigenvalue weighted by atomic mass is 9.83. The van der Waals surface area contributed by atoms with Crippen molar-refractivity contribution < 1.29 is 9.15 Å². The molecule has 0 aliphatic carbocycles. The fourth-order valence-electron chi connectivity index (χ4n) is 4.90. The molecule has 1 aliphatic rings. The summed E-state index contributed by atoms with van der Waals surface area (Å²) in [5.41, 5.74) is 10.4. The molecule has 6 rings (SSSR count). The van der Waals surface area contributed by atoms with Crippen LogP contribution in [0.2, 0.25) is 0 Å². The van der Waals surface area contributed by atoms with Gasteiger partial charge in [0.05, 0.1) is 16.9 Å². The molecule has 2 heterocycles. The zero-order valence-electron chi connectivity index (χ0n) is 18.9. The molecule has 5 nitrogen and oxygen atoms in total. The van der Waals surface area contributed by atoms with E-state index in [4.69, 9.17) is 14.9 Å². The molecule has 1 aromatic heterocycles. The van der Waals surface area contributed by atoms with Gasteiger partial charge in [-0.25, -0.2) is 4.79 Å². The predicted octanol–water partition coefficient (Wildman–Crippen LogP) is 6.14. The maximum atomic E-state index is 13.1. The molecule has 0 saturated heterocycles. The van der Waals surface area contributed by atoms with E-state index in [1.54, 1.807) is 6.07 Å². The van der Waals surface area contributed by atoms with Crippen molar-refractivity contribution in [2.45, 2.75) is 12.8 Å². The van der Waals surface area contributed by atoms with Crippen LogP contribution in [0.5, 0.6) is 5.75 Å². The van der Waals surface area contributed by atoms with Crippen molar-refractivity contribution in [2.75, 3.05) is 0 Å². The molecule has 1 aliphatic heterocycles. The standard InChI is InChI=1S/C30H20N2O3/c1-17-9-14-25-23(15-17)28-27(30(33)34-25)26(24(16-31)29(32)35-28)20-12-10-19(11-13-20)22-8-4-6-18-5-2-3-7-21(18)22/h2-15,26H,32H2,1H3. The van der Waals surface area contributed by atoms with Crippen molar-refractivity contribution in [1.82, 2.24) is 0 Å². The van der Waals surface area contributed by atoms with E-state index in [-0.39, 0.29) is 17.0 Å². The molecule has 1 unspecified atom stereocenters. The fraction of sp³-hybridized carbons (Fsp3) is 0.0667. The highest BCUT2D eigenvalue weighted by molar-refractivity contribution is 5.96. The highest BCUT2D eigenvalue weighted by atomic mass is 16.5. The second kappa shape index (κ2) is 7.89. The van der Waals surface area contributed by atoms with Crippen molar-refractivity contribution in [3.05, 3.63) is 123 Å². The van der Waals surface area contributed by atoms with Crippen molar-refractivity contribution in [3.8, 4) is 22.9 Å². The topological polar surface area (TPSA) is 89.2 Å². The van der Waals surface area contributed by atoms with Gasteiger partial charge < -0.3 is 14.9 Å². The Labute approximate surface area is 201 Å². The molecular formula is C30H20N2O3. The molecule has 2 N–H and O–H groups in total. The van der Waals surface area contributed by atoms with Crippen molar-refractivity contribution in [1.29, 1.82) is 5.26 Å². The van der Waals surface area contributed by atoms with Crippen molar-refractivity contribution in [3.63, 3.8) is 0 Å². The number of nitrogens with zero attached hydrogens (tertiary/aromatic N) is 1. The van der Waals surface area contributed by atoms with Crippen LogP contribution in [-0.2, 0) is 0 Å². The Morgan fingerprint density at radius 2 is 1.69 bits per heavy atom. The lowest BCUT2D eigenvalue weighted by Gasteiger charge is -2.26. The maximum Gasteiger partial charge on any atom is 0.344 e. The number of nitriles is 1. The Morgan fingerprint density at radius 1 is 0.914 bits per heavy atom. The fourth-order valence-corrected chi connectivity index (χ4v) is 4.90. The zero-order valence-corrected chi connectivity index (χ0v) is 18.9. The Bertz CT molecular complexity index is 1770. The van der Waals surface area contributed by atoms with Gasteiger partial charge in [-0.05, 0) is 46.5 Å². The third kappa shape index (κ3) is 3.27. The van der Waals surface area contributed by atoms with Gasteiger partial charge in [0.1, 0.15) is 17.2 Å². The van der Waals surface area contributed by atoms with Crippen LogP contribution in [0.1, 0.15) is 22.6 Å². The summed E-state index contributed by atoms with van der Waals surface area (Å²) >= 11 is 0. The second-order valence-corrected chi connectivity index (χ2v) is 8.71. The smallest absolute Gasteiger partial charge is 0.344 e. The molecule has 0 bridgehead atoms. The molecule has 1 atom stereocenters. The molecule has 4 aromatic carbocycles. The minimum atomic E-state index is -0.688. The third-order valence-corrected chi connectivity index (χ3v) is 6.57. The van der Waals surface area contributed by atoms with Crippen molar-refractivity contribution >= 4 is 21.7 Å². The second-order valence-electron chi connectivity index (χ2n) is 8.71. The number of fused-ring (bicyclic) bond motifs is 4. The maximum absolute atomic E-state index is 13.1. The van der Waals surface area contributed by atoms with Crippen molar-refractivity contribution in [2.24, 2.45) is 5.73 Å². The summed E-state index contributed by atoms with van der Waals surface area (Å²) < 4.78 is 11.5. The number of nitrogens with two attached hydrogens (primary N) is 1. The number of hydrogen-bond donors (Lipinski definition) is 1. The van der Waals surface area contributed by atoms with Gasteiger partial charge in [0.2, 0.25) is 5.88 Å². The first kappa shape index (κ1) is 20.8. The summed E-state index contributed by atoms with van der Waals surface area (Å²) in [6.45, 7) is 1.95. The molecular weight excluding hydrogens is 436 g/mol.